The first-order valence-electron chi connectivity index (χ1n) is 8.78. The van der Waals surface area contributed by atoms with Gasteiger partial charge < -0.3 is 20.8 Å². The van der Waals surface area contributed by atoms with Crippen molar-refractivity contribution >= 4 is 12.0 Å². The summed E-state index contributed by atoms with van der Waals surface area (Å²) < 4.78 is 0. The fraction of sp³-hybridized carbons (Fsp3) is 0.882. The number of carbonyl (C=O) groups is 2. The van der Waals surface area contributed by atoms with Gasteiger partial charge in [0.05, 0.1) is 5.60 Å². The average Bonchev–Trinajstić information content (AvgIpc) is 2.39. The molecule has 0 heterocycles. The van der Waals surface area contributed by atoms with Gasteiger partial charge in [-0.3, -0.25) is 0 Å². The first-order valence-corrected chi connectivity index (χ1v) is 8.78. The monoisotopic (exact) mass is 324 g/mol. The highest BCUT2D eigenvalue weighted by Gasteiger charge is 2.55. The summed E-state index contributed by atoms with van der Waals surface area (Å²) >= 11 is 0. The second-order valence-corrected chi connectivity index (χ2v) is 8.36. The number of urea groups is 1. The van der Waals surface area contributed by atoms with E-state index in [1.165, 1.54) is 0 Å². The van der Waals surface area contributed by atoms with Gasteiger partial charge >= 0.3 is 12.0 Å². The van der Waals surface area contributed by atoms with Crippen molar-refractivity contribution in [2.45, 2.75) is 70.1 Å². The van der Waals surface area contributed by atoms with Crippen LogP contribution >= 0.6 is 0 Å². The highest BCUT2D eigenvalue weighted by Crippen LogP contribution is 2.55. The molecule has 6 heteroatoms. The third kappa shape index (κ3) is 3.47. The highest BCUT2D eigenvalue weighted by molar-refractivity contribution is 5.82. The number of aliphatic carboxylic acids is 1. The Morgan fingerprint density at radius 2 is 1.78 bits per heavy atom. The van der Waals surface area contributed by atoms with E-state index < -0.39 is 17.6 Å². The molecule has 2 amide bonds. The van der Waals surface area contributed by atoms with Gasteiger partial charge in [0.1, 0.15) is 6.04 Å². The molecule has 130 valence electrons. The molecule has 3 atom stereocenters. The second kappa shape index (κ2) is 5.96. The fourth-order valence-corrected chi connectivity index (χ4v) is 5.26. The summed E-state index contributed by atoms with van der Waals surface area (Å²) in [7, 11) is 0. The summed E-state index contributed by atoms with van der Waals surface area (Å²) in [6, 6.07) is -1.17. The molecule has 0 saturated heterocycles. The van der Waals surface area contributed by atoms with Gasteiger partial charge in [0, 0.05) is 6.04 Å². The summed E-state index contributed by atoms with van der Waals surface area (Å²) in [5.41, 5.74) is -0.521. The van der Waals surface area contributed by atoms with E-state index in [9.17, 15) is 19.8 Å². The molecule has 0 aliphatic heterocycles. The number of nitrogens with one attached hydrogen (secondary N) is 2. The number of hydrogen-bond donors (Lipinski definition) is 4. The summed E-state index contributed by atoms with van der Waals surface area (Å²) in [5, 5.41) is 25.4. The number of rotatable bonds is 5. The lowest BCUT2D eigenvalue weighted by atomic mass is 9.52. The van der Waals surface area contributed by atoms with Crippen LogP contribution in [0.15, 0.2) is 0 Å². The summed E-state index contributed by atoms with van der Waals surface area (Å²) in [5.74, 6) is 0.446. The van der Waals surface area contributed by atoms with E-state index >= 15 is 0 Å². The van der Waals surface area contributed by atoms with Crippen molar-refractivity contribution in [1.29, 1.82) is 0 Å². The third-order valence-corrected chi connectivity index (χ3v) is 5.85. The molecule has 0 radical (unpaired) electrons. The van der Waals surface area contributed by atoms with E-state index in [0.717, 1.165) is 32.1 Å². The zero-order valence-electron chi connectivity index (χ0n) is 13.9. The van der Waals surface area contributed by atoms with Gasteiger partial charge in [-0.2, -0.15) is 0 Å². The lowest BCUT2D eigenvalue weighted by molar-refractivity contribution is -0.139. The maximum Gasteiger partial charge on any atom is 0.326 e. The molecule has 0 spiro atoms. The standard InChI is InChI=1S/C17H28N2O4/c1-9(2)3-13(15(20)21)18-16(22)19-14-11-4-10-5-12(14)8-17(23,6-10)7-11/h9-14,23H,3-8H2,1-2H3,(H,20,21)(H2,18,19,22)/t10?,11-,12-,13-,14?,17?/m0/s1. The van der Waals surface area contributed by atoms with Crippen LogP contribution < -0.4 is 10.6 Å². The lowest BCUT2D eigenvalue weighted by Crippen LogP contribution is -2.63. The minimum Gasteiger partial charge on any atom is -0.480 e. The lowest BCUT2D eigenvalue weighted by Gasteiger charge is -2.58. The van der Waals surface area contributed by atoms with E-state index in [0.29, 0.717) is 24.2 Å². The molecule has 4 aliphatic carbocycles. The Bertz CT molecular complexity index is 477. The Hall–Kier alpha value is -1.30. The molecule has 4 N–H and O–H groups in total. The van der Waals surface area contributed by atoms with Crippen molar-refractivity contribution in [2.75, 3.05) is 0 Å². The van der Waals surface area contributed by atoms with Crippen LogP contribution in [0.2, 0.25) is 0 Å². The quantitative estimate of drug-likeness (QED) is 0.619. The first-order chi connectivity index (χ1) is 10.8. The molecule has 4 bridgehead atoms. The Labute approximate surface area is 137 Å². The van der Waals surface area contributed by atoms with Crippen LogP contribution in [0, 0.1) is 23.7 Å². The summed E-state index contributed by atoms with van der Waals surface area (Å²) in [4.78, 5) is 23.5. The molecule has 0 unspecified atom stereocenters. The zero-order valence-corrected chi connectivity index (χ0v) is 13.9. The van der Waals surface area contributed by atoms with Crippen LogP contribution in [0.4, 0.5) is 4.79 Å². The smallest absolute Gasteiger partial charge is 0.326 e. The first kappa shape index (κ1) is 16.6. The van der Waals surface area contributed by atoms with Gasteiger partial charge in [-0.25, -0.2) is 9.59 Å². The molecule has 4 saturated carbocycles. The van der Waals surface area contributed by atoms with Crippen molar-refractivity contribution in [3.05, 3.63) is 0 Å². The maximum absolute atomic E-state index is 12.3. The van der Waals surface area contributed by atoms with Crippen molar-refractivity contribution in [1.82, 2.24) is 10.6 Å². The molecular weight excluding hydrogens is 296 g/mol. The summed E-state index contributed by atoms with van der Waals surface area (Å²) in [6.07, 6.45) is 4.99. The molecule has 0 aromatic carbocycles. The summed E-state index contributed by atoms with van der Waals surface area (Å²) in [6.45, 7) is 3.88. The van der Waals surface area contributed by atoms with Gasteiger partial charge in [-0.1, -0.05) is 13.8 Å². The maximum atomic E-state index is 12.3. The van der Waals surface area contributed by atoms with Crippen LogP contribution in [0.5, 0.6) is 0 Å². The van der Waals surface area contributed by atoms with Crippen molar-refractivity contribution in [3.8, 4) is 0 Å². The van der Waals surface area contributed by atoms with Gasteiger partial charge in [0.25, 0.3) is 0 Å². The predicted molar refractivity (Wildman–Crippen MR) is 84.8 cm³/mol. The second-order valence-electron chi connectivity index (χ2n) is 8.36. The van der Waals surface area contributed by atoms with Gasteiger partial charge in [0.15, 0.2) is 0 Å². The molecule has 0 aromatic rings. The van der Waals surface area contributed by atoms with E-state index in [-0.39, 0.29) is 18.0 Å². The largest absolute Gasteiger partial charge is 0.480 e. The molecule has 23 heavy (non-hydrogen) atoms. The number of carboxylic acids is 1. The van der Waals surface area contributed by atoms with Gasteiger partial charge in [0.2, 0.25) is 0 Å². The number of carbonyl (C=O) groups excluding carboxylic acids is 1. The number of carboxylic acid groups (broad SMARTS) is 1. The van der Waals surface area contributed by atoms with Crippen molar-refractivity contribution < 1.29 is 19.8 Å². The van der Waals surface area contributed by atoms with Gasteiger partial charge in [-0.15, -0.1) is 0 Å². The predicted octanol–water partition coefficient (Wildman–Crippen LogP) is 1.72. The van der Waals surface area contributed by atoms with E-state index in [1.807, 2.05) is 13.8 Å². The van der Waals surface area contributed by atoms with Crippen LogP contribution in [0.1, 0.15) is 52.4 Å². The third-order valence-electron chi connectivity index (χ3n) is 5.85. The Kier molecular flexibility index (Phi) is 4.29. The van der Waals surface area contributed by atoms with Crippen molar-refractivity contribution in [3.63, 3.8) is 0 Å². The minimum atomic E-state index is -0.992. The number of aliphatic hydroxyl groups is 1. The SMILES string of the molecule is CC(C)C[C@H](NC(=O)NC1[C@H]2CC3C[C@H]1CC(O)(C3)C2)C(=O)O. The van der Waals surface area contributed by atoms with Crippen LogP contribution in [0.25, 0.3) is 0 Å². The minimum absolute atomic E-state index is 0.0697. The fourth-order valence-electron chi connectivity index (χ4n) is 5.26. The van der Waals surface area contributed by atoms with E-state index in [2.05, 4.69) is 10.6 Å². The van der Waals surface area contributed by atoms with E-state index in [4.69, 9.17) is 0 Å². The normalized spacial score (nSPS) is 39.3. The zero-order chi connectivity index (χ0) is 16.8. The highest BCUT2D eigenvalue weighted by atomic mass is 16.4. The van der Waals surface area contributed by atoms with Crippen molar-refractivity contribution in [2.24, 2.45) is 23.7 Å². The number of amides is 2. The van der Waals surface area contributed by atoms with Crippen LogP contribution in [-0.4, -0.2) is 39.9 Å². The van der Waals surface area contributed by atoms with Crippen LogP contribution in [0.3, 0.4) is 0 Å². The van der Waals surface area contributed by atoms with Gasteiger partial charge in [-0.05, 0) is 62.2 Å². The topological polar surface area (TPSA) is 98.7 Å². The van der Waals surface area contributed by atoms with Crippen LogP contribution in [-0.2, 0) is 4.79 Å². The molecule has 4 aliphatic rings. The van der Waals surface area contributed by atoms with E-state index in [1.54, 1.807) is 0 Å². The average molecular weight is 324 g/mol. The Morgan fingerprint density at radius 1 is 1.17 bits per heavy atom. The number of hydrogen-bond acceptors (Lipinski definition) is 3. The Morgan fingerprint density at radius 3 is 2.26 bits per heavy atom. The Balaban J connectivity index is 1.59. The molecule has 6 nitrogen and oxygen atoms in total. The molecule has 4 rings (SSSR count). The molecular formula is C17H28N2O4. The molecule has 0 aromatic heterocycles. The molecule has 4 fully saturated rings.